The van der Waals surface area contributed by atoms with Gasteiger partial charge in [-0.25, -0.2) is 4.79 Å². The van der Waals surface area contributed by atoms with E-state index in [1.807, 2.05) is 12.1 Å². The van der Waals surface area contributed by atoms with Gasteiger partial charge in [0.2, 0.25) is 0 Å². The normalized spacial score (nSPS) is 12.9. The van der Waals surface area contributed by atoms with Gasteiger partial charge in [-0.05, 0) is 50.3 Å². The van der Waals surface area contributed by atoms with Crippen LogP contribution in [0.3, 0.4) is 0 Å². The molecule has 0 bridgehead atoms. The first-order chi connectivity index (χ1) is 12.3. The molecule has 1 N–H and O–H groups in total. The maximum atomic E-state index is 12.5. The van der Waals surface area contributed by atoms with Gasteiger partial charge in [0, 0.05) is 12.0 Å². The van der Waals surface area contributed by atoms with Crippen LogP contribution in [0.4, 0.5) is 0 Å². The summed E-state index contributed by atoms with van der Waals surface area (Å²) in [6, 6.07) is 6.30. The van der Waals surface area contributed by atoms with Gasteiger partial charge in [0.15, 0.2) is 0 Å². The average molecular weight is 377 g/mol. The SMILES string of the molecule is COC(=O)[C@@H](CCC(=O)OC(C)(C)C)NC(=O)c1ccc(C(C)(C)C)cc1. The molecule has 0 saturated carbocycles. The van der Waals surface area contributed by atoms with E-state index in [1.54, 1.807) is 32.9 Å². The maximum Gasteiger partial charge on any atom is 0.328 e. The lowest BCUT2D eigenvalue weighted by molar-refractivity contribution is -0.155. The minimum atomic E-state index is -0.919. The molecule has 1 atom stereocenters. The second-order valence-corrected chi connectivity index (χ2v) is 8.50. The number of hydrogen-bond donors (Lipinski definition) is 1. The molecule has 6 heteroatoms. The summed E-state index contributed by atoms with van der Waals surface area (Å²) >= 11 is 0. The first-order valence-electron chi connectivity index (χ1n) is 9.04. The molecule has 150 valence electrons. The number of carbonyl (C=O) groups excluding carboxylic acids is 3. The van der Waals surface area contributed by atoms with Crippen LogP contribution in [-0.4, -0.2) is 36.6 Å². The standard InChI is InChI=1S/C21H31NO5/c1-20(2,3)15-10-8-14(9-11-15)18(24)22-16(19(25)26-7)12-13-17(23)27-21(4,5)6/h8-11,16H,12-13H2,1-7H3,(H,22,24)/t16-/m1/s1. The summed E-state index contributed by atoms with van der Waals surface area (Å²) in [5.74, 6) is -1.42. The number of carbonyl (C=O) groups is 3. The first kappa shape index (κ1) is 22.7. The van der Waals surface area contributed by atoms with Gasteiger partial charge in [0.1, 0.15) is 11.6 Å². The van der Waals surface area contributed by atoms with E-state index in [0.29, 0.717) is 5.56 Å². The minimum Gasteiger partial charge on any atom is -0.467 e. The Labute approximate surface area is 161 Å². The van der Waals surface area contributed by atoms with E-state index in [9.17, 15) is 14.4 Å². The van der Waals surface area contributed by atoms with Crippen LogP contribution in [0.15, 0.2) is 24.3 Å². The van der Waals surface area contributed by atoms with E-state index >= 15 is 0 Å². The van der Waals surface area contributed by atoms with Gasteiger partial charge in [-0.3, -0.25) is 9.59 Å². The summed E-state index contributed by atoms with van der Waals surface area (Å²) in [6.07, 6.45) is 0.105. The Balaban J connectivity index is 2.77. The van der Waals surface area contributed by atoms with Crippen LogP contribution in [0.5, 0.6) is 0 Å². The van der Waals surface area contributed by atoms with Crippen LogP contribution in [0.25, 0.3) is 0 Å². The van der Waals surface area contributed by atoms with Gasteiger partial charge in [-0.1, -0.05) is 32.9 Å². The van der Waals surface area contributed by atoms with Crippen LogP contribution >= 0.6 is 0 Å². The lowest BCUT2D eigenvalue weighted by Crippen LogP contribution is -2.42. The molecule has 0 aliphatic rings. The molecular weight excluding hydrogens is 346 g/mol. The summed E-state index contributed by atoms with van der Waals surface area (Å²) < 4.78 is 9.97. The highest BCUT2D eigenvalue weighted by molar-refractivity contribution is 5.96. The molecule has 1 amide bonds. The molecule has 0 aliphatic carbocycles. The lowest BCUT2D eigenvalue weighted by Gasteiger charge is -2.21. The van der Waals surface area contributed by atoms with Gasteiger partial charge in [0.25, 0.3) is 5.91 Å². The van der Waals surface area contributed by atoms with Crippen LogP contribution in [0.1, 0.15) is 70.3 Å². The molecule has 0 fully saturated rings. The second-order valence-electron chi connectivity index (χ2n) is 8.50. The number of methoxy groups -OCH3 is 1. The summed E-state index contributed by atoms with van der Waals surface area (Å²) in [7, 11) is 1.24. The molecule has 0 unspecified atom stereocenters. The van der Waals surface area contributed by atoms with Crippen molar-refractivity contribution < 1.29 is 23.9 Å². The lowest BCUT2D eigenvalue weighted by atomic mass is 9.86. The molecular formula is C21H31NO5. The molecule has 1 aromatic carbocycles. The van der Waals surface area contributed by atoms with Crippen molar-refractivity contribution in [2.24, 2.45) is 0 Å². The van der Waals surface area contributed by atoms with Crippen molar-refractivity contribution in [1.82, 2.24) is 5.32 Å². The molecule has 0 heterocycles. The summed E-state index contributed by atoms with van der Waals surface area (Å²) in [5.41, 5.74) is 0.926. The third kappa shape index (κ3) is 7.81. The topological polar surface area (TPSA) is 81.7 Å². The highest BCUT2D eigenvalue weighted by Crippen LogP contribution is 2.22. The van der Waals surface area contributed by atoms with Gasteiger partial charge in [-0.15, -0.1) is 0 Å². The molecule has 6 nitrogen and oxygen atoms in total. The highest BCUT2D eigenvalue weighted by atomic mass is 16.6. The number of hydrogen-bond acceptors (Lipinski definition) is 5. The van der Waals surface area contributed by atoms with Gasteiger partial charge < -0.3 is 14.8 Å². The largest absolute Gasteiger partial charge is 0.467 e. The third-order valence-electron chi connectivity index (χ3n) is 3.86. The summed E-state index contributed by atoms with van der Waals surface area (Å²) in [5, 5.41) is 2.64. The molecule has 0 radical (unpaired) electrons. The smallest absolute Gasteiger partial charge is 0.328 e. The van der Waals surface area contributed by atoms with Crippen LogP contribution in [0.2, 0.25) is 0 Å². The third-order valence-corrected chi connectivity index (χ3v) is 3.86. The quantitative estimate of drug-likeness (QED) is 0.769. The van der Waals surface area contributed by atoms with E-state index in [-0.39, 0.29) is 18.3 Å². The Kier molecular flexibility index (Phi) is 7.57. The molecule has 1 rings (SSSR count). The molecule has 27 heavy (non-hydrogen) atoms. The van der Waals surface area contributed by atoms with Gasteiger partial charge in [0.05, 0.1) is 7.11 Å². The zero-order valence-corrected chi connectivity index (χ0v) is 17.3. The first-order valence-corrected chi connectivity index (χ1v) is 9.04. The number of esters is 2. The van der Waals surface area contributed by atoms with Crippen LogP contribution < -0.4 is 5.32 Å². The van der Waals surface area contributed by atoms with Gasteiger partial charge >= 0.3 is 11.9 Å². The van der Waals surface area contributed by atoms with E-state index in [1.165, 1.54) is 7.11 Å². The number of ether oxygens (including phenoxy) is 2. The van der Waals surface area contributed by atoms with Crippen molar-refractivity contribution >= 4 is 17.8 Å². The molecule has 0 spiro atoms. The van der Waals surface area contributed by atoms with Crippen molar-refractivity contribution in [2.75, 3.05) is 7.11 Å². The molecule has 0 aliphatic heterocycles. The Morgan fingerprint density at radius 3 is 2.00 bits per heavy atom. The average Bonchev–Trinajstić information content (AvgIpc) is 2.55. The molecule has 0 saturated heterocycles. The number of rotatable bonds is 6. The van der Waals surface area contributed by atoms with E-state index < -0.39 is 29.5 Å². The van der Waals surface area contributed by atoms with Crippen LogP contribution in [-0.2, 0) is 24.5 Å². The number of amides is 1. The fourth-order valence-corrected chi connectivity index (χ4v) is 2.41. The van der Waals surface area contributed by atoms with E-state index in [4.69, 9.17) is 9.47 Å². The van der Waals surface area contributed by atoms with Crippen molar-refractivity contribution in [3.8, 4) is 0 Å². The van der Waals surface area contributed by atoms with Crippen molar-refractivity contribution in [1.29, 1.82) is 0 Å². The fraction of sp³-hybridized carbons (Fsp3) is 0.571. The monoisotopic (exact) mass is 377 g/mol. The zero-order chi connectivity index (χ0) is 20.8. The Hall–Kier alpha value is -2.37. The summed E-state index contributed by atoms with van der Waals surface area (Å²) in [4.78, 5) is 36.3. The number of nitrogens with one attached hydrogen (secondary N) is 1. The maximum absolute atomic E-state index is 12.5. The second kappa shape index (κ2) is 9.02. The predicted molar refractivity (Wildman–Crippen MR) is 103 cm³/mol. The Morgan fingerprint density at radius 1 is 1.00 bits per heavy atom. The molecule has 0 aromatic heterocycles. The van der Waals surface area contributed by atoms with Crippen molar-refractivity contribution in [3.63, 3.8) is 0 Å². The zero-order valence-electron chi connectivity index (χ0n) is 17.3. The van der Waals surface area contributed by atoms with E-state index in [0.717, 1.165) is 5.56 Å². The molecule has 1 aromatic rings. The summed E-state index contributed by atoms with van der Waals surface area (Å²) in [6.45, 7) is 11.6. The van der Waals surface area contributed by atoms with E-state index in [2.05, 4.69) is 26.1 Å². The Bertz CT molecular complexity index is 665. The number of benzene rings is 1. The fourth-order valence-electron chi connectivity index (χ4n) is 2.41. The minimum absolute atomic E-state index is 0.000276. The predicted octanol–water partition coefficient (Wildman–Crippen LogP) is 3.38. The van der Waals surface area contributed by atoms with Gasteiger partial charge in [-0.2, -0.15) is 0 Å². The Morgan fingerprint density at radius 2 is 1.56 bits per heavy atom. The highest BCUT2D eigenvalue weighted by Gasteiger charge is 2.25. The van der Waals surface area contributed by atoms with Crippen LogP contribution in [0, 0.1) is 0 Å². The van der Waals surface area contributed by atoms with Crippen molar-refractivity contribution in [3.05, 3.63) is 35.4 Å². The van der Waals surface area contributed by atoms with Crippen molar-refractivity contribution in [2.45, 2.75) is 71.4 Å².